The van der Waals surface area contributed by atoms with Crippen molar-refractivity contribution < 1.29 is 9.21 Å². The normalized spacial score (nSPS) is 11.7. The van der Waals surface area contributed by atoms with Crippen LogP contribution in [0.2, 0.25) is 5.02 Å². The Hall–Kier alpha value is -2.48. The van der Waals surface area contributed by atoms with Crippen molar-refractivity contribution in [3.05, 3.63) is 80.7 Å². The highest BCUT2D eigenvalue weighted by molar-refractivity contribution is 9.10. The number of fused-ring (bicyclic) bond motifs is 1. The van der Waals surface area contributed by atoms with Crippen LogP contribution < -0.4 is 10.9 Å². The minimum atomic E-state index is -0.344. The fourth-order valence-electron chi connectivity index (χ4n) is 2.43. The summed E-state index contributed by atoms with van der Waals surface area (Å²) in [6, 6.07) is 14.3. The molecule has 0 saturated heterocycles. The number of benzene rings is 2. The van der Waals surface area contributed by atoms with E-state index in [1.807, 2.05) is 18.2 Å². The van der Waals surface area contributed by atoms with Crippen LogP contribution in [-0.4, -0.2) is 10.9 Å². The second kappa shape index (κ2) is 7.64. The van der Waals surface area contributed by atoms with Crippen LogP contribution in [0.5, 0.6) is 0 Å². The molecule has 2 aromatic heterocycles. The van der Waals surface area contributed by atoms with Gasteiger partial charge in [-0.3, -0.25) is 10.1 Å². The quantitative estimate of drug-likeness (QED) is 0.421. The number of amides is 1. The average Bonchev–Trinajstić information content (AvgIpc) is 3.16. The van der Waals surface area contributed by atoms with Gasteiger partial charge in [0, 0.05) is 26.5 Å². The third-order valence-corrected chi connectivity index (χ3v) is 5.10. The molecule has 0 saturated carbocycles. The third-order valence-electron chi connectivity index (χ3n) is 3.66. The van der Waals surface area contributed by atoms with Gasteiger partial charge < -0.3 is 4.42 Å². The van der Waals surface area contributed by atoms with Gasteiger partial charge in [0.1, 0.15) is 11.1 Å². The monoisotopic (exact) mass is 459 g/mol. The largest absolute Gasteiger partial charge is 0.438 e. The maximum absolute atomic E-state index is 12.8. The summed E-state index contributed by atoms with van der Waals surface area (Å²) in [6.45, 7) is 0. The van der Waals surface area contributed by atoms with Crippen LogP contribution in [0.1, 0.15) is 10.4 Å². The Bertz CT molecular complexity index is 1190. The second-order valence-electron chi connectivity index (χ2n) is 5.53. The van der Waals surface area contributed by atoms with Gasteiger partial charge in [0.2, 0.25) is 5.55 Å². The SMILES string of the molecule is O=C(Nc1nccs1)c1cc2cc(Br)ccc2oc1=Nc1ccc(Cl)cc1. The first-order chi connectivity index (χ1) is 13.1. The van der Waals surface area contributed by atoms with Crippen molar-refractivity contribution in [3.63, 3.8) is 0 Å². The molecule has 0 bridgehead atoms. The summed E-state index contributed by atoms with van der Waals surface area (Å²) in [7, 11) is 0. The molecule has 0 fully saturated rings. The number of thiazole rings is 1. The molecule has 134 valence electrons. The summed E-state index contributed by atoms with van der Waals surface area (Å²) in [4.78, 5) is 21.4. The average molecular weight is 461 g/mol. The van der Waals surface area contributed by atoms with E-state index in [-0.39, 0.29) is 11.5 Å². The number of halogens is 2. The van der Waals surface area contributed by atoms with Crippen LogP contribution in [-0.2, 0) is 0 Å². The lowest BCUT2D eigenvalue weighted by Crippen LogP contribution is -2.21. The molecule has 2 heterocycles. The fourth-order valence-corrected chi connectivity index (χ4v) is 3.46. The molecule has 8 heteroatoms. The second-order valence-corrected chi connectivity index (χ2v) is 7.77. The van der Waals surface area contributed by atoms with Crippen molar-refractivity contribution in [2.75, 3.05) is 5.32 Å². The number of carbonyl (C=O) groups is 1. The maximum Gasteiger partial charge on any atom is 0.262 e. The first-order valence-corrected chi connectivity index (χ1v) is 9.88. The number of nitrogens with zero attached hydrogens (tertiary/aromatic N) is 2. The molecular weight excluding hydrogens is 450 g/mol. The van der Waals surface area contributed by atoms with Crippen molar-refractivity contribution in [3.8, 4) is 0 Å². The van der Waals surface area contributed by atoms with Crippen LogP contribution in [0.4, 0.5) is 10.8 Å². The van der Waals surface area contributed by atoms with E-state index in [0.717, 1.165) is 9.86 Å². The molecule has 0 unspecified atom stereocenters. The Morgan fingerprint density at radius 2 is 2.00 bits per heavy atom. The molecular formula is C19H11BrClN3O2S. The van der Waals surface area contributed by atoms with Gasteiger partial charge in [0.25, 0.3) is 5.91 Å². The van der Waals surface area contributed by atoms with E-state index in [2.05, 4.69) is 31.2 Å². The Labute approximate surface area is 171 Å². The summed E-state index contributed by atoms with van der Waals surface area (Å²) in [6.07, 6.45) is 1.63. The van der Waals surface area contributed by atoms with E-state index in [9.17, 15) is 4.79 Å². The minimum absolute atomic E-state index is 0.209. The standard InChI is InChI=1S/C19H11BrClN3O2S/c20-12-1-6-16-11(9-12)10-15(17(25)24-19-22-7-8-27-19)18(26-16)23-14-4-2-13(21)3-5-14/h1-10H,(H,22,24,25). The summed E-state index contributed by atoms with van der Waals surface area (Å²) in [5.41, 5.74) is 1.77. The summed E-state index contributed by atoms with van der Waals surface area (Å²) < 4.78 is 6.81. The summed E-state index contributed by atoms with van der Waals surface area (Å²) in [5.74, 6) is -0.344. The topological polar surface area (TPSA) is 67.5 Å². The highest BCUT2D eigenvalue weighted by atomic mass is 79.9. The van der Waals surface area contributed by atoms with Crippen molar-refractivity contribution in [1.29, 1.82) is 0 Å². The van der Waals surface area contributed by atoms with Crippen molar-refractivity contribution in [1.82, 2.24) is 4.98 Å². The summed E-state index contributed by atoms with van der Waals surface area (Å²) >= 11 is 10.7. The van der Waals surface area contributed by atoms with Gasteiger partial charge >= 0.3 is 0 Å². The lowest BCUT2D eigenvalue weighted by Gasteiger charge is -2.05. The molecule has 1 N–H and O–H groups in total. The molecule has 0 aliphatic rings. The van der Waals surface area contributed by atoms with Gasteiger partial charge in [0.05, 0.1) is 5.69 Å². The number of hydrogen-bond donors (Lipinski definition) is 1. The molecule has 4 rings (SSSR count). The zero-order valence-electron chi connectivity index (χ0n) is 13.6. The van der Waals surface area contributed by atoms with Crippen molar-refractivity contribution in [2.24, 2.45) is 4.99 Å². The number of carbonyl (C=O) groups excluding carboxylic acids is 1. The Kier molecular flexibility index (Phi) is 5.07. The zero-order valence-corrected chi connectivity index (χ0v) is 16.8. The molecule has 4 aromatic rings. The third kappa shape index (κ3) is 4.10. The van der Waals surface area contributed by atoms with Gasteiger partial charge in [0.15, 0.2) is 5.13 Å². The van der Waals surface area contributed by atoms with Gasteiger partial charge in [-0.05, 0) is 48.5 Å². The highest BCUT2D eigenvalue weighted by Crippen LogP contribution is 2.21. The molecule has 0 radical (unpaired) electrons. The fraction of sp³-hybridized carbons (Fsp3) is 0. The van der Waals surface area contributed by atoms with E-state index in [1.165, 1.54) is 11.3 Å². The number of aromatic nitrogens is 1. The van der Waals surface area contributed by atoms with Crippen LogP contribution in [0, 0.1) is 0 Å². The molecule has 5 nitrogen and oxygen atoms in total. The van der Waals surface area contributed by atoms with Gasteiger partial charge in [-0.25, -0.2) is 9.98 Å². The van der Waals surface area contributed by atoms with E-state index in [0.29, 0.717) is 27.0 Å². The zero-order chi connectivity index (χ0) is 18.8. The van der Waals surface area contributed by atoms with Gasteiger partial charge in [-0.2, -0.15) is 0 Å². The van der Waals surface area contributed by atoms with Crippen LogP contribution in [0.3, 0.4) is 0 Å². The Morgan fingerprint density at radius 3 is 2.74 bits per heavy atom. The molecule has 0 atom stereocenters. The predicted octanol–water partition coefficient (Wildman–Crippen LogP) is 5.79. The van der Waals surface area contributed by atoms with Crippen LogP contribution >= 0.6 is 38.9 Å². The predicted molar refractivity (Wildman–Crippen MR) is 111 cm³/mol. The lowest BCUT2D eigenvalue weighted by molar-refractivity contribution is 0.102. The van der Waals surface area contributed by atoms with Crippen molar-refractivity contribution in [2.45, 2.75) is 0 Å². The van der Waals surface area contributed by atoms with Crippen LogP contribution in [0.15, 0.2) is 74.0 Å². The number of rotatable bonds is 3. The molecule has 2 aromatic carbocycles. The Balaban J connectivity index is 1.87. The van der Waals surface area contributed by atoms with E-state index in [1.54, 1.807) is 41.9 Å². The molecule has 0 aliphatic carbocycles. The number of nitrogens with one attached hydrogen (secondary N) is 1. The van der Waals surface area contributed by atoms with E-state index in [4.69, 9.17) is 16.0 Å². The highest BCUT2D eigenvalue weighted by Gasteiger charge is 2.14. The van der Waals surface area contributed by atoms with Crippen molar-refractivity contribution >= 4 is 66.6 Å². The number of anilines is 1. The smallest absolute Gasteiger partial charge is 0.262 e. The van der Waals surface area contributed by atoms with Gasteiger partial charge in [-0.15, -0.1) is 11.3 Å². The molecule has 1 amide bonds. The van der Waals surface area contributed by atoms with E-state index >= 15 is 0 Å². The number of hydrogen-bond acceptors (Lipinski definition) is 5. The van der Waals surface area contributed by atoms with Crippen LogP contribution in [0.25, 0.3) is 11.0 Å². The Morgan fingerprint density at radius 1 is 1.19 bits per heavy atom. The lowest BCUT2D eigenvalue weighted by atomic mass is 10.1. The molecule has 0 aliphatic heterocycles. The van der Waals surface area contributed by atoms with Gasteiger partial charge in [-0.1, -0.05) is 27.5 Å². The minimum Gasteiger partial charge on any atom is -0.438 e. The first kappa shape index (κ1) is 17.9. The maximum atomic E-state index is 12.8. The summed E-state index contributed by atoms with van der Waals surface area (Å²) in [5, 5.41) is 6.45. The molecule has 0 spiro atoms. The van der Waals surface area contributed by atoms with E-state index < -0.39 is 0 Å². The molecule has 27 heavy (non-hydrogen) atoms. The first-order valence-electron chi connectivity index (χ1n) is 7.83.